The fourth-order valence-electron chi connectivity index (χ4n) is 3.43. The average molecular weight is 757 g/mol. The lowest BCUT2D eigenvalue weighted by Gasteiger charge is -2.09. The highest BCUT2D eigenvalue weighted by atomic mass is 33.1. The summed E-state index contributed by atoms with van der Waals surface area (Å²) in [7, 11) is 4.83. The number of aromatic nitrogens is 1. The lowest BCUT2D eigenvalue weighted by atomic mass is 10.4. The second-order valence-corrected chi connectivity index (χ2v) is 12.3. The lowest BCUT2D eigenvalue weighted by Crippen LogP contribution is -2.27. The van der Waals surface area contributed by atoms with Gasteiger partial charge in [0, 0.05) is 32.0 Å². The monoisotopic (exact) mass is 756 g/mol. The van der Waals surface area contributed by atoms with E-state index in [9.17, 15) is 4.79 Å². The van der Waals surface area contributed by atoms with E-state index >= 15 is 0 Å². The number of carbonyl (C=O) groups excluding carboxylic acids is 1. The molecule has 1 aromatic rings. The molecule has 0 fully saturated rings. The van der Waals surface area contributed by atoms with Crippen molar-refractivity contribution < 1.29 is 61.6 Å². The minimum Gasteiger partial charge on any atom is -0.382 e. The fraction of sp³-hybridized carbons (Fsp3) is 0.818. The maximum Gasteiger partial charge on any atom is 0.220 e. The van der Waals surface area contributed by atoms with Gasteiger partial charge in [-0.3, -0.25) is 4.79 Å². The highest BCUT2D eigenvalue weighted by Crippen LogP contribution is 2.29. The molecule has 292 valence electrons. The van der Waals surface area contributed by atoms with Crippen LogP contribution in [-0.2, 0) is 61.6 Å². The number of carbonyl (C=O) groups is 1. The Bertz CT molecular complexity index is 825. The Morgan fingerprint density at radius 3 is 1.24 bits per heavy atom. The number of hydrogen-bond donors (Lipinski definition) is 1. The maximum atomic E-state index is 11.9. The Hall–Kier alpha value is -1.16. The van der Waals surface area contributed by atoms with Crippen LogP contribution in [0.4, 0.5) is 0 Å². The summed E-state index contributed by atoms with van der Waals surface area (Å²) in [4.78, 5) is 16.1. The minimum atomic E-state index is 0.0168. The fourth-order valence-corrected chi connectivity index (χ4v) is 5.30. The molecule has 0 aromatic carbocycles. The van der Waals surface area contributed by atoms with E-state index in [0.29, 0.717) is 165 Å². The first kappa shape index (κ1) is 46.9. The van der Waals surface area contributed by atoms with Gasteiger partial charge in [-0.15, -0.1) is 0 Å². The van der Waals surface area contributed by atoms with Crippen LogP contribution < -0.4 is 5.32 Å². The van der Waals surface area contributed by atoms with Crippen LogP contribution in [0.25, 0.3) is 0 Å². The predicted octanol–water partition coefficient (Wildman–Crippen LogP) is 2.16. The van der Waals surface area contributed by atoms with Gasteiger partial charge in [0.25, 0.3) is 0 Å². The molecule has 1 amide bonds. The standard InChI is InChI=1S/C33H60N2O13S2/c1-37-9-10-39-13-14-41-17-18-43-21-22-45-25-26-47-29-30-48-28-27-46-24-23-44-20-19-42-16-15-40-12-11-38-8-7-34-32(36)5-31-49-50-33-4-2-3-6-35-33/h2-4,6H,5,7-31H2,1H3,(H,34,36). The van der Waals surface area contributed by atoms with Gasteiger partial charge in [0.1, 0.15) is 5.03 Å². The van der Waals surface area contributed by atoms with E-state index in [2.05, 4.69) is 10.3 Å². The summed E-state index contributed by atoms with van der Waals surface area (Å²) in [6.45, 7) is 12.2. The van der Waals surface area contributed by atoms with E-state index in [-0.39, 0.29) is 5.91 Å². The van der Waals surface area contributed by atoms with E-state index in [1.54, 1.807) is 34.9 Å². The summed E-state index contributed by atoms with van der Waals surface area (Å²) in [6.07, 6.45) is 2.22. The molecule has 0 spiro atoms. The van der Waals surface area contributed by atoms with Crippen molar-refractivity contribution in [3.8, 4) is 0 Å². The first-order chi connectivity index (χ1) is 24.8. The molecule has 0 unspecified atom stereocenters. The van der Waals surface area contributed by atoms with Crippen molar-refractivity contribution in [2.75, 3.05) is 171 Å². The van der Waals surface area contributed by atoms with Crippen LogP contribution in [0.1, 0.15) is 6.42 Å². The van der Waals surface area contributed by atoms with E-state index < -0.39 is 0 Å². The molecule has 15 nitrogen and oxygen atoms in total. The van der Waals surface area contributed by atoms with Gasteiger partial charge in [0.05, 0.1) is 152 Å². The summed E-state index contributed by atoms with van der Waals surface area (Å²) in [5, 5.41) is 3.80. The Kier molecular flexibility index (Phi) is 38.1. The van der Waals surface area contributed by atoms with Gasteiger partial charge in [-0.05, 0) is 22.9 Å². The Labute approximate surface area is 306 Å². The normalized spacial score (nSPS) is 11.4. The van der Waals surface area contributed by atoms with Crippen molar-refractivity contribution in [2.45, 2.75) is 11.4 Å². The first-order valence-corrected chi connectivity index (χ1v) is 19.5. The van der Waals surface area contributed by atoms with Gasteiger partial charge in [0.15, 0.2) is 0 Å². The molecule has 1 aromatic heterocycles. The summed E-state index contributed by atoms with van der Waals surface area (Å²) >= 11 is 0. The van der Waals surface area contributed by atoms with Gasteiger partial charge in [0.2, 0.25) is 5.91 Å². The molecule has 1 heterocycles. The van der Waals surface area contributed by atoms with Gasteiger partial charge < -0.3 is 62.2 Å². The molecule has 0 aliphatic heterocycles. The second-order valence-electron chi connectivity index (χ2n) is 9.90. The van der Waals surface area contributed by atoms with Crippen molar-refractivity contribution in [2.24, 2.45) is 0 Å². The first-order valence-electron chi connectivity index (χ1n) is 17.1. The van der Waals surface area contributed by atoms with Crippen LogP contribution in [0, 0.1) is 0 Å². The topological polar surface area (TPSA) is 153 Å². The predicted molar refractivity (Wildman–Crippen MR) is 191 cm³/mol. The smallest absolute Gasteiger partial charge is 0.220 e. The number of pyridine rings is 1. The molecular formula is C33H60N2O13S2. The molecule has 0 saturated heterocycles. The van der Waals surface area contributed by atoms with Crippen molar-refractivity contribution in [3.63, 3.8) is 0 Å². The number of amides is 1. The maximum absolute atomic E-state index is 11.9. The number of hydrogen-bond acceptors (Lipinski definition) is 16. The third kappa shape index (κ3) is 36.6. The van der Waals surface area contributed by atoms with E-state index in [1.165, 1.54) is 0 Å². The molecule has 50 heavy (non-hydrogen) atoms. The zero-order chi connectivity index (χ0) is 35.7. The quantitative estimate of drug-likeness (QED) is 0.0767. The average Bonchev–Trinajstić information content (AvgIpc) is 3.13. The van der Waals surface area contributed by atoms with E-state index in [0.717, 1.165) is 10.8 Å². The molecule has 0 saturated carbocycles. The van der Waals surface area contributed by atoms with E-state index in [4.69, 9.17) is 56.8 Å². The number of nitrogens with one attached hydrogen (secondary N) is 1. The summed E-state index contributed by atoms with van der Waals surface area (Å²) in [5.41, 5.74) is 0. The van der Waals surface area contributed by atoms with Gasteiger partial charge in [-0.25, -0.2) is 4.98 Å². The summed E-state index contributed by atoms with van der Waals surface area (Å²) < 4.78 is 64.9. The molecule has 0 aliphatic rings. The number of rotatable bonds is 41. The molecule has 1 rings (SSSR count). The van der Waals surface area contributed by atoms with Gasteiger partial charge >= 0.3 is 0 Å². The highest BCUT2D eigenvalue weighted by molar-refractivity contribution is 8.76. The van der Waals surface area contributed by atoms with Crippen LogP contribution in [0.2, 0.25) is 0 Å². The van der Waals surface area contributed by atoms with Crippen LogP contribution in [0.5, 0.6) is 0 Å². The second kappa shape index (κ2) is 40.6. The Morgan fingerprint density at radius 1 is 0.540 bits per heavy atom. The molecule has 0 bridgehead atoms. The SMILES string of the molecule is COCCOCCOCCOCCOCCOCCOCCOCCOCCOCCOCCOCCNC(=O)CCSSc1ccccn1. The number of ether oxygens (including phenoxy) is 12. The van der Waals surface area contributed by atoms with Crippen LogP contribution in [0.15, 0.2) is 29.4 Å². The Morgan fingerprint density at radius 2 is 0.900 bits per heavy atom. The van der Waals surface area contributed by atoms with Gasteiger partial charge in [-0.1, -0.05) is 16.9 Å². The molecule has 0 radical (unpaired) electrons. The molecule has 17 heteroatoms. The van der Waals surface area contributed by atoms with Crippen LogP contribution >= 0.6 is 21.6 Å². The van der Waals surface area contributed by atoms with Gasteiger partial charge in [-0.2, -0.15) is 0 Å². The molecule has 0 atom stereocenters. The molecule has 1 N–H and O–H groups in total. The Balaban J connectivity index is 1.63. The molecule has 0 aliphatic carbocycles. The van der Waals surface area contributed by atoms with E-state index in [1.807, 2.05) is 18.2 Å². The molecular weight excluding hydrogens is 696 g/mol. The minimum absolute atomic E-state index is 0.0168. The third-order valence-corrected chi connectivity index (χ3v) is 8.18. The van der Waals surface area contributed by atoms with Crippen molar-refractivity contribution in [3.05, 3.63) is 24.4 Å². The summed E-state index contributed by atoms with van der Waals surface area (Å²) in [5.74, 6) is 0.741. The van der Waals surface area contributed by atoms with Crippen molar-refractivity contribution in [1.82, 2.24) is 10.3 Å². The third-order valence-electron chi connectivity index (χ3n) is 5.91. The van der Waals surface area contributed by atoms with Crippen LogP contribution in [-0.4, -0.2) is 182 Å². The summed E-state index contributed by atoms with van der Waals surface area (Å²) in [6, 6.07) is 5.78. The van der Waals surface area contributed by atoms with Crippen molar-refractivity contribution in [1.29, 1.82) is 0 Å². The number of nitrogens with zero attached hydrogens (tertiary/aromatic N) is 1. The van der Waals surface area contributed by atoms with Crippen LogP contribution in [0.3, 0.4) is 0 Å². The van der Waals surface area contributed by atoms with Crippen molar-refractivity contribution >= 4 is 27.5 Å². The zero-order valence-corrected chi connectivity index (χ0v) is 31.4. The number of methoxy groups -OCH3 is 1. The lowest BCUT2D eigenvalue weighted by molar-refractivity contribution is -0.120. The largest absolute Gasteiger partial charge is 0.382 e. The zero-order valence-electron chi connectivity index (χ0n) is 29.8. The highest BCUT2D eigenvalue weighted by Gasteiger charge is 2.02.